The summed E-state index contributed by atoms with van der Waals surface area (Å²) in [6.07, 6.45) is -9.86. The summed E-state index contributed by atoms with van der Waals surface area (Å²) in [5, 5.41) is 0. The highest BCUT2D eigenvalue weighted by atomic mass is 19.3. The standard InChI is InChI=1S/C14H21F5O.CH4.2H2O/c1-8-2-4-9(5-3-8)14(18,19)20-10-6-11(15)13(17)12(16)7-10;;;/h8-13H,2-7H2,1H3;1H4;2*1H2. The molecule has 2 fully saturated rings. The first-order valence-electron chi connectivity index (χ1n) is 7.27. The van der Waals surface area contributed by atoms with Crippen molar-refractivity contribution in [1.82, 2.24) is 0 Å². The first-order chi connectivity index (χ1) is 9.29. The molecule has 2 aliphatic carbocycles. The zero-order valence-electron chi connectivity index (χ0n) is 12.5. The van der Waals surface area contributed by atoms with Crippen LogP contribution in [0.4, 0.5) is 22.0 Å². The lowest BCUT2D eigenvalue weighted by Crippen LogP contribution is -2.45. The zero-order chi connectivity index (χ0) is 14.9. The van der Waals surface area contributed by atoms with Gasteiger partial charge in [-0.15, -0.1) is 0 Å². The van der Waals surface area contributed by atoms with Crippen molar-refractivity contribution >= 4 is 0 Å². The van der Waals surface area contributed by atoms with Crippen LogP contribution in [0.2, 0.25) is 0 Å². The number of alkyl halides is 5. The molecule has 3 nitrogen and oxygen atoms in total. The maximum Gasteiger partial charge on any atom is 0.358 e. The van der Waals surface area contributed by atoms with Gasteiger partial charge in [-0.3, -0.25) is 0 Å². The molecule has 142 valence electrons. The van der Waals surface area contributed by atoms with E-state index in [2.05, 4.69) is 4.74 Å². The lowest BCUT2D eigenvalue weighted by atomic mass is 9.82. The molecule has 0 saturated heterocycles. The van der Waals surface area contributed by atoms with Crippen LogP contribution in [0.15, 0.2) is 0 Å². The topological polar surface area (TPSA) is 72.2 Å². The van der Waals surface area contributed by atoms with Gasteiger partial charge < -0.3 is 15.7 Å². The minimum absolute atomic E-state index is 0. The fourth-order valence-corrected chi connectivity index (χ4v) is 3.10. The number of hydrogen-bond donors (Lipinski definition) is 0. The zero-order valence-corrected chi connectivity index (χ0v) is 12.5. The van der Waals surface area contributed by atoms with Crippen LogP contribution in [0.5, 0.6) is 0 Å². The first-order valence-corrected chi connectivity index (χ1v) is 7.27. The Labute approximate surface area is 134 Å². The van der Waals surface area contributed by atoms with Crippen LogP contribution in [-0.2, 0) is 4.74 Å². The molecule has 0 aliphatic heterocycles. The second-order valence-corrected chi connectivity index (χ2v) is 6.21. The summed E-state index contributed by atoms with van der Waals surface area (Å²) < 4.78 is 72.1. The third kappa shape index (κ3) is 6.15. The van der Waals surface area contributed by atoms with Gasteiger partial charge in [0.2, 0.25) is 0 Å². The van der Waals surface area contributed by atoms with E-state index in [1.54, 1.807) is 0 Å². The molecule has 2 aliphatic rings. The summed E-state index contributed by atoms with van der Waals surface area (Å²) in [6.45, 7) is 2.01. The van der Waals surface area contributed by atoms with Crippen molar-refractivity contribution in [2.45, 2.75) is 83.6 Å². The van der Waals surface area contributed by atoms with Crippen LogP contribution in [0.1, 0.15) is 52.9 Å². The number of rotatable bonds is 3. The van der Waals surface area contributed by atoms with Gasteiger partial charge in [0.05, 0.1) is 12.0 Å². The summed E-state index contributed by atoms with van der Waals surface area (Å²) in [5.41, 5.74) is 0. The van der Waals surface area contributed by atoms with Crippen LogP contribution in [0, 0.1) is 11.8 Å². The van der Waals surface area contributed by atoms with Crippen molar-refractivity contribution in [2.24, 2.45) is 11.8 Å². The van der Waals surface area contributed by atoms with Crippen molar-refractivity contribution in [2.75, 3.05) is 0 Å². The molecular formula is C15H29F5O3. The molecule has 0 radical (unpaired) electrons. The van der Waals surface area contributed by atoms with Crippen molar-refractivity contribution in [3.63, 3.8) is 0 Å². The van der Waals surface area contributed by atoms with E-state index in [1.807, 2.05) is 6.92 Å². The summed E-state index contributed by atoms with van der Waals surface area (Å²) in [4.78, 5) is 0. The van der Waals surface area contributed by atoms with Gasteiger partial charge in [-0.1, -0.05) is 27.2 Å². The Hall–Kier alpha value is -0.470. The minimum Gasteiger partial charge on any atom is -0.412 e. The molecule has 0 aromatic heterocycles. The second-order valence-electron chi connectivity index (χ2n) is 6.21. The molecule has 2 unspecified atom stereocenters. The van der Waals surface area contributed by atoms with Gasteiger partial charge in [-0.25, -0.2) is 13.2 Å². The van der Waals surface area contributed by atoms with Crippen molar-refractivity contribution < 1.29 is 37.6 Å². The van der Waals surface area contributed by atoms with E-state index >= 15 is 0 Å². The normalized spacial score (nSPS) is 37.8. The van der Waals surface area contributed by atoms with Crippen molar-refractivity contribution in [3.8, 4) is 0 Å². The van der Waals surface area contributed by atoms with Crippen LogP contribution < -0.4 is 0 Å². The molecule has 2 saturated carbocycles. The van der Waals surface area contributed by atoms with Crippen LogP contribution in [0.3, 0.4) is 0 Å². The number of halogens is 5. The highest BCUT2D eigenvalue weighted by Gasteiger charge is 2.47. The second kappa shape index (κ2) is 9.74. The van der Waals surface area contributed by atoms with E-state index < -0.39 is 49.5 Å². The average Bonchev–Trinajstić information content (AvgIpc) is 2.36. The largest absolute Gasteiger partial charge is 0.412 e. The van der Waals surface area contributed by atoms with Gasteiger partial charge in [0.1, 0.15) is 12.3 Å². The van der Waals surface area contributed by atoms with Crippen LogP contribution >= 0.6 is 0 Å². The highest BCUT2D eigenvalue weighted by Crippen LogP contribution is 2.42. The predicted molar refractivity (Wildman–Crippen MR) is 78.8 cm³/mol. The summed E-state index contributed by atoms with van der Waals surface area (Å²) in [5.74, 6) is -0.479. The third-order valence-corrected chi connectivity index (χ3v) is 4.48. The Bertz CT molecular complexity index is 312. The fraction of sp³-hybridized carbons (Fsp3) is 1.00. The maximum absolute atomic E-state index is 14.0. The molecule has 4 N–H and O–H groups in total. The monoisotopic (exact) mass is 352 g/mol. The van der Waals surface area contributed by atoms with Gasteiger partial charge in [0.15, 0.2) is 6.17 Å². The molecule has 2 atom stereocenters. The quantitative estimate of drug-likeness (QED) is 0.716. The summed E-state index contributed by atoms with van der Waals surface area (Å²) >= 11 is 0. The Balaban J connectivity index is 0. The van der Waals surface area contributed by atoms with E-state index in [0.29, 0.717) is 31.6 Å². The van der Waals surface area contributed by atoms with Crippen LogP contribution in [-0.4, -0.2) is 41.7 Å². The van der Waals surface area contributed by atoms with Gasteiger partial charge >= 0.3 is 6.11 Å². The molecular weight excluding hydrogens is 323 g/mol. The smallest absolute Gasteiger partial charge is 0.358 e. The minimum atomic E-state index is -3.38. The van der Waals surface area contributed by atoms with E-state index in [4.69, 9.17) is 0 Å². The molecule has 0 spiro atoms. The SMILES string of the molecule is C.CC1CCC(C(F)(F)OC2CC(F)C(F)C(F)C2)CC1.O.O. The van der Waals surface area contributed by atoms with Crippen molar-refractivity contribution in [1.29, 1.82) is 0 Å². The van der Waals surface area contributed by atoms with E-state index in [1.165, 1.54) is 0 Å². The Morgan fingerprint density at radius 3 is 1.74 bits per heavy atom. The van der Waals surface area contributed by atoms with E-state index in [0.717, 1.165) is 0 Å². The predicted octanol–water partition coefficient (Wildman–Crippen LogP) is 3.59. The summed E-state index contributed by atoms with van der Waals surface area (Å²) in [6, 6.07) is 0. The van der Waals surface area contributed by atoms with Crippen LogP contribution in [0.25, 0.3) is 0 Å². The number of hydrogen-bond acceptors (Lipinski definition) is 1. The number of ether oxygens (including phenoxy) is 1. The van der Waals surface area contributed by atoms with E-state index in [9.17, 15) is 22.0 Å². The molecule has 0 heterocycles. The van der Waals surface area contributed by atoms with Gasteiger partial charge in [-0.2, -0.15) is 8.78 Å². The average molecular weight is 352 g/mol. The molecule has 23 heavy (non-hydrogen) atoms. The van der Waals surface area contributed by atoms with E-state index in [-0.39, 0.29) is 18.4 Å². The Morgan fingerprint density at radius 1 is 0.870 bits per heavy atom. The van der Waals surface area contributed by atoms with Gasteiger partial charge in [0, 0.05) is 12.8 Å². The van der Waals surface area contributed by atoms with Gasteiger partial charge in [0.25, 0.3) is 0 Å². The molecule has 0 aromatic carbocycles. The molecule has 0 amide bonds. The maximum atomic E-state index is 14.0. The molecule has 0 bridgehead atoms. The lowest BCUT2D eigenvalue weighted by molar-refractivity contribution is -0.306. The fourth-order valence-electron chi connectivity index (χ4n) is 3.10. The van der Waals surface area contributed by atoms with Gasteiger partial charge in [-0.05, 0) is 18.8 Å². The van der Waals surface area contributed by atoms with Crippen molar-refractivity contribution in [3.05, 3.63) is 0 Å². The first kappa shape index (κ1) is 24.8. The third-order valence-electron chi connectivity index (χ3n) is 4.48. The Morgan fingerprint density at radius 2 is 1.30 bits per heavy atom. The summed E-state index contributed by atoms with van der Waals surface area (Å²) in [7, 11) is 0. The molecule has 8 heteroatoms. The molecule has 0 aromatic rings. The lowest BCUT2D eigenvalue weighted by Gasteiger charge is -2.37. The Kier molecular flexibility index (Phi) is 10.5. The highest BCUT2D eigenvalue weighted by molar-refractivity contribution is 4.88. The molecule has 2 rings (SSSR count).